The molecular weight excluding hydrogens is 324 g/mol. The fourth-order valence-electron chi connectivity index (χ4n) is 3.03. The van der Waals surface area contributed by atoms with E-state index < -0.39 is 6.03 Å². The molecular formula is C17H28N4O2S. The fourth-order valence-corrected chi connectivity index (χ4v) is 3.81. The first kappa shape index (κ1) is 18.7. The third kappa shape index (κ3) is 6.88. The van der Waals surface area contributed by atoms with Gasteiger partial charge in [0.25, 0.3) is 0 Å². The Kier molecular flexibility index (Phi) is 8.04. The SMILES string of the molecule is NC(=O)NC(CC(=O)NCCCN1CCCCCC1)c1cccs1. The van der Waals surface area contributed by atoms with Crippen LogP contribution in [0.5, 0.6) is 0 Å². The van der Waals surface area contributed by atoms with Gasteiger partial charge in [0, 0.05) is 11.4 Å². The summed E-state index contributed by atoms with van der Waals surface area (Å²) in [4.78, 5) is 26.7. The zero-order valence-electron chi connectivity index (χ0n) is 14.1. The molecule has 1 unspecified atom stereocenters. The molecule has 1 aromatic heterocycles. The van der Waals surface area contributed by atoms with Crippen LogP contribution in [-0.2, 0) is 4.79 Å². The second kappa shape index (κ2) is 10.3. The molecule has 0 spiro atoms. The summed E-state index contributed by atoms with van der Waals surface area (Å²) in [6, 6.07) is 2.84. The van der Waals surface area contributed by atoms with Gasteiger partial charge in [0.1, 0.15) is 0 Å². The zero-order chi connectivity index (χ0) is 17.2. The largest absolute Gasteiger partial charge is 0.356 e. The molecule has 2 rings (SSSR count). The van der Waals surface area contributed by atoms with Crippen LogP contribution in [-0.4, -0.2) is 43.0 Å². The number of hydrogen-bond acceptors (Lipinski definition) is 4. The fraction of sp³-hybridized carbons (Fsp3) is 0.647. The standard InChI is InChI=1S/C17H28N4O2S/c18-17(23)20-14(15-7-5-12-24-15)13-16(22)19-8-6-11-21-9-3-1-2-4-10-21/h5,7,12,14H,1-4,6,8-11,13H2,(H,19,22)(H3,18,20,23). The molecule has 1 fully saturated rings. The van der Waals surface area contributed by atoms with Gasteiger partial charge in [-0.15, -0.1) is 11.3 Å². The number of carbonyl (C=O) groups is 2. The number of thiophene rings is 1. The Morgan fingerprint density at radius 1 is 1.25 bits per heavy atom. The van der Waals surface area contributed by atoms with E-state index in [2.05, 4.69) is 15.5 Å². The van der Waals surface area contributed by atoms with E-state index in [0.29, 0.717) is 6.54 Å². The summed E-state index contributed by atoms with van der Waals surface area (Å²) in [6.07, 6.45) is 6.42. The van der Waals surface area contributed by atoms with Crippen LogP contribution in [0.25, 0.3) is 0 Å². The van der Waals surface area contributed by atoms with Crippen LogP contribution in [0.3, 0.4) is 0 Å². The number of primary amides is 1. The Hall–Kier alpha value is -1.60. The van der Waals surface area contributed by atoms with Crippen LogP contribution < -0.4 is 16.4 Å². The molecule has 1 atom stereocenters. The van der Waals surface area contributed by atoms with Crippen molar-refractivity contribution in [1.82, 2.24) is 15.5 Å². The maximum absolute atomic E-state index is 12.1. The van der Waals surface area contributed by atoms with Crippen LogP contribution in [0.4, 0.5) is 4.79 Å². The maximum atomic E-state index is 12.1. The van der Waals surface area contributed by atoms with E-state index in [1.807, 2.05) is 17.5 Å². The van der Waals surface area contributed by atoms with Gasteiger partial charge in [-0.05, 0) is 50.3 Å². The summed E-state index contributed by atoms with van der Waals surface area (Å²) < 4.78 is 0. The molecule has 1 saturated heterocycles. The van der Waals surface area contributed by atoms with Crippen LogP contribution in [0.1, 0.15) is 49.4 Å². The Labute approximate surface area is 147 Å². The lowest BCUT2D eigenvalue weighted by molar-refractivity contribution is -0.121. The highest BCUT2D eigenvalue weighted by molar-refractivity contribution is 7.10. The Bertz CT molecular complexity index is 499. The van der Waals surface area contributed by atoms with Crippen molar-refractivity contribution < 1.29 is 9.59 Å². The number of rotatable bonds is 8. The topological polar surface area (TPSA) is 87.5 Å². The van der Waals surface area contributed by atoms with Crippen LogP contribution in [0, 0.1) is 0 Å². The second-order valence-corrected chi connectivity index (χ2v) is 7.22. The van der Waals surface area contributed by atoms with Gasteiger partial charge in [0.05, 0.1) is 12.5 Å². The third-order valence-corrected chi connectivity index (χ3v) is 5.25. The van der Waals surface area contributed by atoms with Crippen LogP contribution >= 0.6 is 11.3 Å². The number of likely N-dealkylation sites (tertiary alicyclic amines) is 1. The molecule has 7 heteroatoms. The number of urea groups is 1. The quantitative estimate of drug-likeness (QED) is 0.627. The third-order valence-electron chi connectivity index (χ3n) is 4.26. The molecule has 1 aliphatic heterocycles. The number of nitrogens with two attached hydrogens (primary N) is 1. The number of nitrogens with zero attached hydrogens (tertiary/aromatic N) is 1. The Morgan fingerprint density at radius 3 is 2.62 bits per heavy atom. The van der Waals surface area contributed by atoms with Gasteiger partial charge in [-0.2, -0.15) is 0 Å². The lowest BCUT2D eigenvalue weighted by atomic mass is 10.1. The van der Waals surface area contributed by atoms with E-state index in [1.165, 1.54) is 50.1 Å². The van der Waals surface area contributed by atoms with Gasteiger partial charge >= 0.3 is 6.03 Å². The summed E-state index contributed by atoms with van der Waals surface area (Å²) in [5, 5.41) is 7.51. The molecule has 1 aliphatic rings. The minimum Gasteiger partial charge on any atom is -0.356 e. The van der Waals surface area contributed by atoms with Crippen molar-refractivity contribution in [2.24, 2.45) is 5.73 Å². The Balaban J connectivity index is 1.68. The second-order valence-electron chi connectivity index (χ2n) is 6.24. The predicted molar refractivity (Wildman–Crippen MR) is 96.9 cm³/mol. The van der Waals surface area contributed by atoms with Gasteiger partial charge in [0.15, 0.2) is 0 Å². The highest BCUT2D eigenvalue weighted by atomic mass is 32.1. The van der Waals surface area contributed by atoms with E-state index in [1.54, 1.807) is 0 Å². The van der Waals surface area contributed by atoms with Gasteiger partial charge in [0.2, 0.25) is 5.91 Å². The highest BCUT2D eigenvalue weighted by Gasteiger charge is 2.18. The smallest absolute Gasteiger partial charge is 0.312 e. The number of hydrogen-bond donors (Lipinski definition) is 3. The molecule has 1 aromatic rings. The molecule has 0 aromatic carbocycles. The van der Waals surface area contributed by atoms with Crippen molar-refractivity contribution in [3.63, 3.8) is 0 Å². The van der Waals surface area contributed by atoms with E-state index >= 15 is 0 Å². The van der Waals surface area contributed by atoms with Crippen molar-refractivity contribution in [3.05, 3.63) is 22.4 Å². The molecule has 4 N–H and O–H groups in total. The van der Waals surface area contributed by atoms with Crippen molar-refractivity contribution in [2.75, 3.05) is 26.2 Å². The summed E-state index contributed by atoms with van der Waals surface area (Å²) in [5.74, 6) is -0.0574. The van der Waals surface area contributed by atoms with Crippen molar-refractivity contribution >= 4 is 23.3 Å². The monoisotopic (exact) mass is 352 g/mol. The molecule has 0 aliphatic carbocycles. The van der Waals surface area contributed by atoms with E-state index in [9.17, 15) is 9.59 Å². The maximum Gasteiger partial charge on any atom is 0.312 e. The number of amides is 3. The number of nitrogens with one attached hydrogen (secondary N) is 2. The first-order valence-electron chi connectivity index (χ1n) is 8.73. The molecule has 0 saturated carbocycles. The summed E-state index contributed by atoms with van der Waals surface area (Å²) in [7, 11) is 0. The summed E-state index contributed by atoms with van der Waals surface area (Å²) >= 11 is 1.51. The number of carbonyl (C=O) groups excluding carboxylic acids is 2. The van der Waals surface area contributed by atoms with Crippen LogP contribution in [0.15, 0.2) is 17.5 Å². The predicted octanol–water partition coefficient (Wildman–Crippen LogP) is 2.23. The molecule has 3 amide bonds. The van der Waals surface area contributed by atoms with Gasteiger partial charge < -0.3 is 21.3 Å². The van der Waals surface area contributed by atoms with E-state index in [4.69, 9.17) is 5.73 Å². The van der Waals surface area contributed by atoms with Gasteiger partial charge in [-0.25, -0.2) is 4.79 Å². The van der Waals surface area contributed by atoms with Crippen molar-refractivity contribution in [1.29, 1.82) is 0 Å². The minimum absolute atomic E-state index is 0.0574. The average molecular weight is 353 g/mol. The van der Waals surface area contributed by atoms with E-state index in [0.717, 1.165) is 17.8 Å². The highest BCUT2D eigenvalue weighted by Crippen LogP contribution is 2.21. The molecule has 0 radical (unpaired) electrons. The lowest BCUT2D eigenvalue weighted by Crippen LogP contribution is -2.37. The first-order chi connectivity index (χ1) is 11.6. The normalized spacial score (nSPS) is 17.0. The van der Waals surface area contributed by atoms with Crippen molar-refractivity contribution in [3.8, 4) is 0 Å². The van der Waals surface area contributed by atoms with Gasteiger partial charge in [-0.1, -0.05) is 18.9 Å². The molecule has 0 bridgehead atoms. The summed E-state index contributed by atoms with van der Waals surface area (Å²) in [5.41, 5.74) is 5.21. The zero-order valence-corrected chi connectivity index (χ0v) is 14.9. The summed E-state index contributed by atoms with van der Waals surface area (Å²) in [6.45, 7) is 4.06. The molecule has 24 heavy (non-hydrogen) atoms. The van der Waals surface area contributed by atoms with E-state index in [-0.39, 0.29) is 18.4 Å². The molecule has 6 nitrogen and oxygen atoms in total. The minimum atomic E-state index is -0.609. The lowest BCUT2D eigenvalue weighted by Gasteiger charge is -2.20. The average Bonchev–Trinajstić information content (AvgIpc) is 2.95. The molecule has 2 heterocycles. The van der Waals surface area contributed by atoms with Gasteiger partial charge in [-0.3, -0.25) is 4.79 Å². The van der Waals surface area contributed by atoms with Crippen molar-refractivity contribution in [2.45, 2.75) is 44.6 Å². The van der Waals surface area contributed by atoms with Crippen LogP contribution in [0.2, 0.25) is 0 Å². The Morgan fingerprint density at radius 2 is 2.00 bits per heavy atom. The molecule has 134 valence electrons. The first-order valence-corrected chi connectivity index (χ1v) is 9.61.